The summed E-state index contributed by atoms with van der Waals surface area (Å²) in [6.45, 7) is 0. The number of nitrogens with one attached hydrogen (secondary N) is 1. The van der Waals surface area contributed by atoms with E-state index in [0.717, 1.165) is 20.9 Å². The SMILES string of the molecule is O=C(CC(Cc1ccccc1)S(=O)c1cc(-c2ccccc2)cs1)NO. The molecule has 0 saturated heterocycles. The van der Waals surface area contributed by atoms with Crippen LogP contribution in [0.4, 0.5) is 0 Å². The lowest BCUT2D eigenvalue weighted by atomic mass is 10.1. The lowest BCUT2D eigenvalue weighted by molar-refractivity contribution is -0.129. The maximum atomic E-state index is 13.1. The van der Waals surface area contributed by atoms with Crippen molar-refractivity contribution in [3.05, 3.63) is 77.7 Å². The van der Waals surface area contributed by atoms with E-state index in [4.69, 9.17) is 5.21 Å². The molecule has 0 spiro atoms. The molecule has 0 radical (unpaired) electrons. The Morgan fingerprint density at radius 3 is 2.35 bits per heavy atom. The molecular weight excluding hydrogens is 366 g/mol. The van der Waals surface area contributed by atoms with Gasteiger partial charge in [-0.2, -0.15) is 0 Å². The highest BCUT2D eigenvalue weighted by Crippen LogP contribution is 2.30. The molecule has 0 bridgehead atoms. The summed E-state index contributed by atoms with van der Waals surface area (Å²) < 4.78 is 13.8. The summed E-state index contributed by atoms with van der Waals surface area (Å²) in [5.41, 5.74) is 4.75. The minimum Gasteiger partial charge on any atom is -0.289 e. The summed E-state index contributed by atoms with van der Waals surface area (Å²) in [6.07, 6.45) is 0.496. The number of carbonyl (C=O) groups is 1. The molecule has 2 atom stereocenters. The molecule has 3 aromatic rings. The van der Waals surface area contributed by atoms with Gasteiger partial charge in [-0.15, -0.1) is 11.3 Å². The second-order valence-corrected chi connectivity index (χ2v) is 8.74. The molecule has 26 heavy (non-hydrogen) atoms. The molecule has 134 valence electrons. The molecule has 0 saturated carbocycles. The fourth-order valence-corrected chi connectivity index (χ4v) is 5.51. The van der Waals surface area contributed by atoms with Gasteiger partial charge in [0.05, 0.1) is 20.3 Å². The zero-order valence-corrected chi connectivity index (χ0v) is 15.6. The van der Waals surface area contributed by atoms with Crippen molar-refractivity contribution in [3.8, 4) is 11.1 Å². The van der Waals surface area contributed by atoms with E-state index < -0.39 is 22.0 Å². The van der Waals surface area contributed by atoms with Gasteiger partial charge in [0.1, 0.15) is 0 Å². The molecule has 4 nitrogen and oxygen atoms in total. The van der Waals surface area contributed by atoms with Gasteiger partial charge in [-0.3, -0.25) is 14.2 Å². The van der Waals surface area contributed by atoms with Crippen molar-refractivity contribution in [2.45, 2.75) is 22.3 Å². The van der Waals surface area contributed by atoms with Crippen molar-refractivity contribution in [3.63, 3.8) is 0 Å². The number of hydrogen-bond acceptors (Lipinski definition) is 4. The number of hydrogen-bond donors (Lipinski definition) is 2. The average Bonchev–Trinajstić information content (AvgIpc) is 3.18. The summed E-state index contributed by atoms with van der Waals surface area (Å²) >= 11 is 1.43. The van der Waals surface area contributed by atoms with E-state index in [2.05, 4.69) is 0 Å². The molecule has 6 heteroatoms. The molecule has 2 N–H and O–H groups in total. The van der Waals surface area contributed by atoms with Gasteiger partial charge < -0.3 is 0 Å². The summed E-state index contributed by atoms with van der Waals surface area (Å²) in [5.74, 6) is -0.529. The molecule has 1 aromatic heterocycles. The first-order valence-electron chi connectivity index (χ1n) is 8.19. The summed E-state index contributed by atoms with van der Waals surface area (Å²) in [5, 5.41) is 10.4. The van der Waals surface area contributed by atoms with E-state index >= 15 is 0 Å². The monoisotopic (exact) mass is 385 g/mol. The molecule has 2 unspecified atom stereocenters. The molecular formula is C20H19NO3S2. The van der Waals surface area contributed by atoms with Crippen LogP contribution >= 0.6 is 11.3 Å². The Morgan fingerprint density at radius 2 is 1.69 bits per heavy atom. The van der Waals surface area contributed by atoms with Crippen molar-refractivity contribution < 1.29 is 14.2 Å². The first-order chi connectivity index (χ1) is 12.7. The van der Waals surface area contributed by atoms with Gasteiger partial charge in [0, 0.05) is 6.42 Å². The molecule has 0 aliphatic rings. The second kappa shape index (κ2) is 8.89. The van der Waals surface area contributed by atoms with E-state index in [1.54, 1.807) is 5.48 Å². The quantitative estimate of drug-likeness (QED) is 0.477. The number of hydroxylamine groups is 1. The summed E-state index contributed by atoms with van der Waals surface area (Å²) in [4.78, 5) is 11.7. The normalized spacial score (nSPS) is 13.1. The lowest BCUT2D eigenvalue weighted by Crippen LogP contribution is -2.28. The third-order valence-corrected chi connectivity index (χ3v) is 6.98. The van der Waals surface area contributed by atoms with Crippen LogP contribution < -0.4 is 5.48 Å². The Balaban J connectivity index is 1.82. The van der Waals surface area contributed by atoms with Crippen LogP contribution in [0.1, 0.15) is 12.0 Å². The fourth-order valence-electron chi connectivity index (χ4n) is 2.72. The van der Waals surface area contributed by atoms with Gasteiger partial charge >= 0.3 is 0 Å². The largest absolute Gasteiger partial charge is 0.289 e. The van der Waals surface area contributed by atoms with E-state index in [9.17, 15) is 9.00 Å². The molecule has 3 rings (SSSR count). The molecule has 0 aliphatic carbocycles. The van der Waals surface area contributed by atoms with Gasteiger partial charge in [0.2, 0.25) is 5.91 Å². The maximum Gasteiger partial charge on any atom is 0.244 e. The number of rotatable bonds is 7. The second-order valence-electron chi connectivity index (χ2n) is 5.87. The Morgan fingerprint density at radius 1 is 1.04 bits per heavy atom. The van der Waals surface area contributed by atoms with Crippen molar-refractivity contribution in [1.82, 2.24) is 5.48 Å². The topological polar surface area (TPSA) is 66.4 Å². The highest BCUT2D eigenvalue weighted by Gasteiger charge is 2.23. The number of thiophene rings is 1. The van der Waals surface area contributed by atoms with Crippen LogP contribution in [0.5, 0.6) is 0 Å². The van der Waals surface area contributed by atoms with E-state index in [0.29, 0.717) is 6.42 Å². The summed E-state index contributed by atoms with van der Waals surface area (Å²) in [7, 11) is -1.35. The Bertz CT molecular complexity index is 878. The third kappa shape index (κ3) is 4.66. The molecule has 0 fully saturated rings. The van der Waals surface area contributed by atoms with Crippen molar-refractivity contribution in [2.24, 2.45) is 0 Å². The average molecular weight is 386 g/mol. The predicted molar refractivity (Wildman–Crippen MR) is 105 cm³/mol. The van der Waals surface area contributed by atoms with Crippen LogP contribution in [0.3, 0.4) is 0 Å². The maximum absolute atomic E-state index is 13.1. The van der Waals surface area contributed by atoms with Crippen LogP contribution in [-0.2, 0) is 22.0 Å². The number of carbonyl (C=O) groups excluding carboxylic acids is 1. The Labute approximate surface area is 158 Å². The van der Waals surface area contributed by atoms with Crippen LogP contribution in [-0.4, -0.2) is 20.6 Å². The van der Waals surface area contributed by atoms with Gasteiger partial charge in [0.25, 0.3) is 0 Å². The minimum atomic E-state index is -1.35. The highest BCUT2D eigenvalue weighted by atomic mass is 32.2. The van der Waals surface area contributed by atoms with Gasteiger partial charge in [-0.05, 0) is 34.6 Å². The van der Waals surface area contributed by atoms with Crippen LogP contribution in [0, 0.1) is 0 Å². The molecule has 0 aliphatic heterocycles. The molecule has 2 aromatic carbocycles. The van der Waals surface area contributed by atoms with Crippen LogP contribution in [0.15, 0.2) is 76.3 Å². The van der Waals surface area contributed by atoms with Crippen molar-refractivity contribution >= 4 is 28.0 Å². The van der Waals surface area contributed by atoms with Gasteiger partial charge in [0.15, 0.2) is 0 Å². The Hall–Kier alpha value is -2.28. The van der Waals surface area contributed by atoms with Gasteiger partial charge in [-0.25, -0.2) is 5.48 Å². The standard InChI is InChI=1S/C20H19NO3S2/c22-19(21-23)13-18(11-15-7-3-1-4-8-15)26(24)20-12-17(14-25-20)16-9-5-2-6-10-16/h1-10,12,14,18,23H,11,13H2,(H,21,22). The highest BCUT2D eigenvalue weighted by molar-refractivity contribution is 7.88. The van der Waals surface area contributed by atoms with Crippen molar-refractivity contribution in [2.75, 3.05) is 0 Å². The molecule has 1 amide bonds. The third-order valence-electron chi connectivity index (χ3n) is 4.03. The lowest BCUT2D eigenvalue weighted by Gasteiger charge is -2.15. The molecule has 1 heterocycles. The Kier molecular flexibility index (Phi) is 6.33. The van der Waals surface area contributed by atoms with E-state index in [1.165, 1.54) is 11.3 Å². The predicted octanol–water partition coefficient (Wildman–Crippen LogP) is 4.03. The van der Waals surface area contributed by atoms with E-state index in [-0.39, 0.29) is 6.42 Å². The summed E-state index contributed by atoms with van der Waals surface area (Å²) in [6, 6.07) is 21.5. The first-order valence-corrected chi connectivity index (χ1v) is 10.3. The first kappa shape index (κ1) is 18.5. The fraction of sp³-hybridized carbons (Fsp3) is 0.150. The minimum absolute atomic E-state index is 0.00340. The van der Waals surface area contributed by atoms with Gasteiger partial charge in [-0.1, -0.05) is 60.7 Å². The van der Waals surface area contributed by atoms with E-state index in [1.807, 2.05) is 72.1 Å². The zero-order chi connectivity index (χ0) is 18.4. The number of amides is 1. The number of benzene rings is 2. The van der Waals surface area contributed by atoms with Crippen molar-refractivity contribution in [1.29, 1.82) is 0 Å². The smallest absolute Gasteiger partial charge is 0.244 e. The van der Waals surface area contributed by atoms with Crippen LogP contribution in [0.25, 0.3) is 11.1 Å². The zero-order valence-electron chi connectivity index (χ0n) is 14.0. The van der Waals surface area contributed by atoms with Crippen LogP contribution in [0.2, 0.25) is 0 Å².